The van der Waals surface area contributed by atoms with Crippen LogP contribution in [0.3, 0.4) is 0 Å². The third-order valence-electron chi connectivity index (χ3n) is 2.67. The molecule has 20 heavy (non-hydrogen) atoms. The number of carbonyl (C=O) groups is 2. The van der Waals surface area contributed by atoms with Crippen molar-refractivity contribution < 1.29 is 19.4 Å². The summed E-state index contributed by atoms with van der Waals surface area (Å²) in [4.78, 5) is 23.0. The first-order chi connectivity index (χ1) is 9.45. The number of halogens is 1. The van der Waals surface area contributed by atoms with Crippen molar-refractivity contribution >= 4 is 33.5 Å². The van der Waals surface area contributed by atoms with Gasteiger partial charge in [-0.25, -0.2) is 4.79 Å². The summed E-state index contributed by atoms with van der Waals surface area (Å²) in [6.45, 7) is 0.526. The number of nitrogens with one attached hydrogen (secondary N) is 1. The number of benzene rings is 1. The van der Waals surface area contributed by atoms with E-state index in [9.17, 15) is 9.59 Å². The van der Waals surface area contributed by atoms with Crippen molar-refractivity contribution in [2.75, 3.05) is 19.0 Å². The molecule has 0 saturated heterocycles. The predicted molar refractivity (Wildman–Crippen MR) is 78.8 cm³/mol. The van der Waals surface area contributed by atoms with Crippen LogP contribution in [0.25, 0.3) is 0 Å². The Morgan fingerprint density at radius 1 is 1.50 bits per heavy atom. The molecule has 6 nitrogen and oxygen atoms in total. The van der Waals surface area contributed by atoms with Crippen molar-refractivity contribution in [2.24, 2.45) is 5.73 Å². The second kappa shape index (κ2) is 7.98. The van der Waals surface area contributed by atoms with Gasteiger partial charge in [-0.15, -0.1) is 0 Å². The Bertz CT molecular complexity index is 493. The smallest absolute Gasteiger partial charge is 0.337 e. The molecular formula is C13H17BrN2O4. The molecule has 7 heteroatoms. The number of methoxy groups -OCH3 is 1. The van der Waals surface area contributed by atoms with Gasteiger partial charge in [-0.1, -0.05) is 15.9 Å². The van der Waals surface area contributed by atoms with Crippen LogP contribution < -0.4 is 11.1 Å². The standard InChI is InChI=1S/C13H17BrN2O4/c1-20-6-2-3-10(15)12(17)16-11-7-8(14)4-5-9(11)13(18)19/h4-5,7,10H,2-3,6,15H2,1H3,(H,16,17)(H,18,19). The fourth-order valence-electron chi connectivity index (χ4n) is 1.61. The van der Waals surface area contributed by atoms with Crippen LogP contribution >= 0.6 is 15.9 Å². The summed E-state index contributed by atoms with van der Waals surface area (Å²) in [6.07, 6.45) is 1.13. The van der Waals surface area contributed by atoms with E-state index >= 15 is 0 Å². The van der Waals surface area contributed by atoms with E-state index in [0.717, 1.165) is 0 Å². The number of carboxylic acids is 1. The van der Waals surface area contributed by atoms with Crippen LogP contribution in [0, 0.1) is 0 Å². The van der Waals surface area contributed by atoms with Crippen LogP contribution in [0.2, 0.25) is 0 Å². The SMILES string of the molecule is COCCCC(N)C(=O)Nc1cc(Br)ccc1C(=O)O. The van der Waals surface area contributed by atoms with Gasteiger partial charge in [-0.2, -0.15) is 0 Å². The lowest BCUT2D eigenvalue weighted by molar-refractivity contribution is -0.117. The number of hydrogen-bond donors (Lipinski definition) is 3. The van der Waals surface area contributed by atoms with Gasteiger partial charge in [0.05, 0.1) is 17.3 Å². The maximum Gasteiger partial charge on any atom is 0.337 e. The zero-order chi connectivity index (χ0) is 15.1. The van der Waals surface area contributed by atoms with Crippen molar-refractivity contribution in [3.63, 3.8) is 0 Å². The van der Waals surface area contributed by atoms with Gasteiger partial charge in [-0.3, -0.25) is 4.79 Å². The monoisotopic (exact) mass is 344 g/mol. The molecule has 0 saturated carbocycles. The average Bonchev–Trinajstić information content (AvgIpc) is 2.38. The fraction of sp³-hybridized carbons (Fsp3) is 0.385. The molecule has 0 spiro atoms. The molecule has 0 radical (unpaired) electrons. The number of aromatic carboxylic acids is 1. The largest absolute Gasteiger partial charge is 0.478 e. The first kappa shape index (κ1) is 16.6. The topological polar surface area (TPSA) is 102 Å². The Morgan fingerprint density at radius 3 is 2.80 bits per heavy atom. The van der Waals surface area contributed by atoms with E-state index in [1.165, 1.54) is 12.1 Å². The van der Waals surface area contributed by atoms with E-state index in [4.69, 9.17) is 15.6 Å². The maximum absolute atomic E-state index is 11.9. The van der Waals surface area contributed by atoms with E-state index in [-0.39, 0.29) is 11.3 Å². The molecule has 0 bridgehead atoms. The Morgan fingerprint density at radius 2 is 2.20 bits per heavy atom. The molecule has 0 heterocycles. The third kappa shape index (κ3) is 4.92. The summed E-state index contributed by atoms with van der Waals surface area (Å²) >= 11 is 3.23. The highest BCUT2D eigenvalue weighted by atomic mass is 79.9. The minimum absolute atomic E-state index is 0.0191. The van der Waals surface area contributed by atoms with Crippen molar-refractivity contribution in [3.05, 3.63) is 28.2 Å². The lowest BCUT2D eigenvalue weighted by Gasteiger charge is -2.13. The van der Waals surface area contributed by atoms with E-state index in [1.54, 1.807) is 13.2 Å². The number of carbonyl (C=O) groups excluding carboxylic acids is 1. The average molecular weight is 345 g/mol. The Balaban J connectivity index is 2.74. The second-order valence-electron chi connectivity index (χ2n) is 4.23. The zero-order valence-corrected chi connectivity index (χ0v) is 12.6. The highest BCUT2D eigenvalue weighted by Gasteiger charge is 2.17. The second-order valence-corrected chi connectivity index (χ2v) is 5.14. The lowest BCUT2D eigenvalue weighted by Crippen LogP contribution is -2.36. The minimum atomic E-state index is -1.11. The number of amides is 1. The molecule has 4 N–H and O–H groups in total. The van der Waals surface area contributed by atoms with Crippen molar-refractivity contribution in [2.45, 2.75) is 18.9 Å². The Hall–Kier alpha value is -1.44. The lowest BCUT2D eigenvalue weighted by atomic mass is 10.1. The van der Waals surface area contributed by atoms with Crippen LogP contribution in [-0.2, 0) is 9.53 Å². The van der Waals surface area contributed by atoms with Crippen molar-refractivity contribution in [1.82, 2.24) is 0 Å². The molecule has 1 unspecified atom stereocenters. The summed E-state index contributed by atoms with van der Waals surface area (Å²) in [6, 6.07) is 3.84. The number of carboxylic acid groups (broad SMARTS) is 1. The molecule has 0 fully saturated rings. The van der Waals surface area contributed by atoms with Gasteiger partial charge < -0.3 is 20.9 Å². The number of anilines is 1. The summed E-state index contributed by atoms with van der Waals surface area (Å²) in [5, 5.41) is 11.6. The molecule has 1 aromatic rings. The summed E-state index contributed by atoms with van der Waals surface area (Å²) in [5.41, 5.74) is 5.98. The van der Waals surface area contributed by atoms with E-state index in [1.807, 2.05) is 0 Å². The minimum Gasteiger partial charge on any atom is -0.478 e. The predicted octanol–water partition coefficient (Wildman–Crippen LogP) is 1.84. The molecule has 0 aromatic heterocycles. The first-order valence-corrected chi connectivity index (χ1v) is 6.83. The quantitative estimate of drug-likeness (QED) is 0.655. The Labute approximate surface area is 125 Å². The summed E-state index contributed by atoms with van der Waals surface area (Å²) in [5.74, 6) is -1.53. The van der Waals surface area contributed by atoms with Gasteiger partial charge in [0.1, 0.15) is 0 Å². The summed E-state index contributed by atoms with van der Waals surface area (Å²) in [7, 11) is 1.58. The highest BCUT2D eigenvalue weighted by Crippen LogP contribution is 2.21. The van der Waals surface area contributed by atoms with E-state index < -0.39 is 17.9 Å². The van der Waals surface area contributed by atoms with E-state index in [0.29, 0.717) is 23.9 Å². The molecule has 0 aliphatic rings. The molecular weight excluding hydrogens is 328 g/mol. The van der Waals surface area contributed by atoms with Gasteiger partial charge in [0.15, 0.2) is 0 Å². The van der Waals surface area contributed by atoms with Gasteiger partial charge in [0.2, 0.25) is 5.91 Å². The Kier molecular flexibility index (Phi) is 6.63. The van der Waals surface area contributed by atoms with Crippen LogP contribution in [0.1, 0.15) is 23.2 Å². The molecule has 1 rings (SSSR count). The normalized spacial score (nSPS) is 11.9. The first-order valence-electron chi connectivity index (χ1n) is 6.04. The fourth-order valence-corrected chi connectivity index (χ4v) is 1.97. The molecule has 1 amide bonds. The van der Waals surface area contributed by atoms with Crippen LogP contribution in [0.15, 0.2) is 22.7 Å². The van der Waals surface area contributed by atoms with Crippen LogP contribution in [0.5, 0.6) is 0 Å². The van der Waals surface area contributed by atoms with E-state index in [2.05, 4.69) is 21.2 Å². The summed E-state index contributed by atoms with van der Waals surface area (Å²) < 4.78 is 5.56. The molecule has 1 aromatic carbocycles. The molecule has 110 valence electrons. The van der Waals surface area contributed by atoms with Crippen molar-refractivity contribution in [1.29, 1.82) is 0 Å². The number of rotatable bonds is 7. The van der Waals surface area contributed by atoms with Crippen molar-refractivity contribution in [3.8, 4) is 0 Å². The third-order valence-corrected chi connectivity index (χ3v) is 3.16. The van der Waals surface area contributed by atoms with Gasteiger partial charge in [-0.05, 0) is 31.0 Å². The van der Waals surface area contributed by atoms with Crippen LogP contribution in [-0.4, -0.2) is 36.7 Å². The number of nitrogens with two attached hydrogens (primary N) is 1. The number of ether oxygens (including phenoxy) is 1. The van der Waals surface area contributed by atoms with Crippen LogP contribution in [0.4, 0.5) is 5.69 Å². The number of hydrogen-bond acceptors (Lipinski definition) is 4. The van der Waals surface area contributed by atoms with Gasteiger partial charge >= 0.3 is 5.97 Å². The van der Waals surface area contributed by atoms with Gasteiger partial charge in [0, 0.05) is 18.2 Å². The molecule has 1 atom stereocenters. The maximum atomic E-state index is 11.9. The molecule has 0 aliphatic heterocycles. The zero-order valence-electron chi connectivity index (χ0n) is 11.1. The molecule has 0 aliphatic carbocycles. The van der Waals surface area contributed by atoms with Gasteiger partial charge in [0.25, 0.3) is 0 Å². The highest BCUT2D eigenvalue weighted by molar-refractivity contribution is 9.10.